The summed E-state index contributed by atoms with van der Waals surface area (Å²) in [5.74, 6) is -0.280. The Hall–Kier alpha value is -1.88. The molecule has 1 rings (SSSR count). The standard InChI is InChI=1S/C15H23N3O2/c1-3-17-15(20)12-7-4-8-13(10-12)18-14(19)11(2)6-5-9-16/h4,7-8,10-11H,3,5-6,9,16H2,1-2H3,(H,17,20)(H,18,19). The van der Waals surface area contributed by atoms with E-state index in [4.69, 9.17) is 5.73 Å². The quantitative estimate of drug-likeness (QED) is 0.710. The van der Waals surface area contributed by atoms with Gasteiger partial charge in [0, 0.05) is 23.7 Å². The van der Waals surface area contributed by atoms with Gasteiger partial charge in [0.1, 0.15) is 0 Å². The molecule has 0 aliphatic heterocycles. The minimum atomic E-state index is -0.139. The molecular formula is C15H23N3O2. The third-order valence-corrected chi connectivity index (χ3v) is 3.02. The molecule has 1 atom stereocenters. The molecule has 0 heterocycles. The number of amides is 2. The molecule has 110 valence electrons. The van der Waals surface area contributed by atoms with Crippen LogP contribution in [0.25, 0.3) is 0 Å². The Bertz CT molecular complexity index is 460. The van der Waals surface area contributed by atoms with Crippen LogP contribution in [0, 0.1) is 5.92 Å². The molecule has 0 aromatic heterocycles. The maximum absolute atomic E-state index is 12.0. The number of hydrogen-bond acceptors (Lipinski definition) is 3. The first-order chi connectivity index (χ1) is 9.58. The summed E-state index contributed by atoms with van der Waals surface area (Å²) in [6.07, 6.45) is 1.59. The number of nitrogens with one attached hydrogen (secondary N) is 2. The first kappa shape index (κ1) is 16.2. The molecule has 1 aromatic carbocycles. The van der Waals surface area contributed by atoms with Gasteiger partial charge >= 0.3 is 0 Å². The fourth-order valence-corrected chi connectivity index (χ4v) is 1.82. The SMILES string of the molecule is CCNC(=O)c1cccc(NC(=O)C(C)CCCN)c1. The lowest BCUT2D eigenvalue weighted by Crippen LogP contribution is -2.23. The molecule has 20 heavy (non-hydrogen) atoms. The minimum Gasteiger partial charge on any atom is -0.352 e. The van der Waals surface area contributed by atoms with Crippen molar-refractivity contribution in [2.75, 3.05) is 18.4 Å². The van der Waals surface area contributed by atoms with Crippen LogP contribution in [0.2, 0.25) is 0 Å². The van der Waals surface area contributed by atoms with Crippen molar-refractivity contribution in [2.45, 2.75) is 26.7 Å². The fraction of sp³-hybridized carbons (Fsp3) is 0.467. The van der Waals surface area contributed by atoms with Crippen molar-refractivity contribution in [3.8, 4) is 0 Å². The average molecular weight is 277 g/mol. The number of carbonyl (C=O) groups is 2. The van der Waals surface area contributed by atoms with Crippen molar-refractivity contribution in [1.29, 1.82) is 0 Å². The van der Waals surface area contributed by atoms with Crippen LogP contribution < -0.4 is 16.4 Å². The van der Waals surface area contributed by atoms with Gasteiger partial charge in [0.05, 0.1) is 0 Å². The largest absolute Gasteiger partial charge is 0.352 e. The average Bonchev–Trinajstić information content (AvgIpc) is 2.45. The molecule has 0 aliphatic rings. The highest BCUT2D eigenvalue weighted by atomic mass is 16.2. The Balaban J connectivity index is 2.66. The summed E-state index contributed by atoms with van der Waals surface area (Å²) in [6, 6.07) is 6.93. The van der Waals surface area contributed by atoms with Gasteiger partial charge in [0.2, 0.25) is 5.91 Å². The summed E-state index contributed by atoms with van der Waals surface area (Å²) in [7, 11) is 0. The summed E-state index contributed by atoms with van der Waals surface area (Å²) in [6.45, 7) is 4.90. The number of carbonyl (C=O) groups excluding carboxylic acids is 2. The van der Waals surface area contributed by atoms with Crippen LogP contribution in [0.4, 0.5) is 5.69 Å². The Morgan fingerprint density at radius 3 is 2.75 bits per heavy atom. The molecular weight excluding hydrogens is 254 g/mol. The molecule has 5 heteroatoms. The van der Waals surface area contributed by atoms with E-state index in [9.17, 15) is 9.59 Å². The van der Waals surface area contributed by atoms with E-state index in [1.807, 2.05) is 13.8 Å². The molecule has 0 bridgehead atoms. The lowest BCUT2D eigenvalue weighted by Gasteiger charge is -2.12. The van der Waals surface area contributed by atoms with Gasteiger partial charge in [-0.25, -0.2) is 0 Å². The van der Waals surface area contributed by atoms with Crippen molar-refractivity contribution in [3.05, 3.63) is 29.8 Å². The van der Waals surface area contributed by atoms with Gasteiger partial charge in [-0.1, -0.05) is 13.0 Å². The Morgan fingerprint density at radius 1 is 1.35 bits per heavy atom. The van der Waals surface area contributed by atoms with Gasteiger partial charge in [-0.2, -0.15) is 0 Å². The number of hydrogen-bond donors (Lipinski definition) is 3. The topological polar surface area (TPSA) is 84.2 Å². The second-order valence-corrected chi connectivity index (χ2v) is 4.76. The molecule has 0 aliphatic carbocycles. The third kappa shape index (κ3) is 5.01. The monoisotopic (exact) mass is 277 g/mol. The fourth-order valence-electron chi connectivity index (χ4n) is 1.82. The smallest absolute Gasteiger partial charge is 0.251 e. The predicted molar refractivity (Wildman–Crippen MR) is 80.5 cm³/mol. The summed E-state index contributed by atoms with van der Waals surface area (Å²) in [4.78, 5) is 23.7. The first-order valence-corrected chi connectivity index (χ1v) is 6.97. The minimum absolute atomic E-state index is 0.0495. The Morgan fingerprint density at radius 2 is 2.10 bits per heavy atom. The molecule has 0 saturated carbocycles. The van der Waals surface area contributed by atoms with Gasteiger partial charge in [-0.05, 0) is 44.5 Å². The van der Waals surface area contributed by atoms with E-state index in [0.29, 0.717) is 24.3 Å². The normalized spacial score (nSPS) is 11.8. The van der Waals surface area contributed by atoms with Gasteiger partial charge in [-0.15, -0.1) is 0 Å². The number of benzene rings is 1. The molecule has 0 saturated heterocycles. The molecule has 0 fully saturated rings. The number of rotatable bonds is 7. The molecule has 0 radical (unpaired) electrons. The van der Waals surface area contributed by atoms with Crippen molar-refractivity contribution in [1.82, 2.24) is 5.32 Å². The Labute approximate surface area is 119 Å². The van der Waals surface area contributed by atoms with E-state index >= 15 is 0 Å². The van der Waals surface area contributed by atoms with Crippen LogP contribution in [0.3, 0.4) is 0 Å². The predicted octanol–water partition coefficient (Wildman–Crippen LogP) is 1.75. The van der Waals surface area contributed by atoms with E-state index in [1.165, 1.54) is 0 Å². The second-order valence-electron chi connectivity index (χ2n) is 4.76. The van der Waals surface area contributed by atoms with Crippen LogP contribution in [0.5, 0.6) is 0 Å². The molecule has 2 amide bonds. The van der Waals surface area contributed by atoms with Crippen LogP contribution in [-0.2, 0) is 4.79 Å². The highest BCUT2D eigenvalue weighted by Crippen LogP contribution is 2.13. The van der Waals surface area contributed by atoms with E-state index in [-0.39, 0.29) is 17.7 Å². The zero-order chi connectivity index (χ0) is 15.0. The lowest BCUT2D eigenvalue weighted by atomic mass is 10.0. The second kappa shape index (κ2) is 8.32. The van der Waals surface area contributed by atoms with Gasteiger partial charge in [-0.3, -0.25) is 9.59 Å². The maximum Gasteiger partial charge on any atom is 0.251 e. The zero-order valence-corrected chi connectivity index (χ0v) is 12.1. The highest BCUT2D eigenvalue weighted by Gasteiger charge is 2.13. The van der Waals surface area contributed by atoms with E-state index in [1.54, 1.807) is 24.3 Å². The van der Waals surface area contributed by atoms with E-state index < -0.39 is 0 Å². The van der Waals surface area contributed by atoms with Gasteiger partial charge in [0.25, 0.3) is 5.91 Å². The van der Waals surface area contributed by atoms with Gasteiger partial charge in [0.15, 0.2) is 0 Å². The van der Waals surface area contributed by atoms with Crippen molar-refractivity contribution < 1.29 is 9.59 Å². The highest BCUT2D eigenvalue weighted by molar-refractivity contribution is 5.97. The van der Waals surface area contributed by atoms with Crippen LogP contribution in [-0.4, -0.2) is 24.9 Å². The first-order valence-electron chi connectivity index (χ1n) is 6.97. The summed E-state index contributed by atoms with van der Waals surface area (Å²) in [5.41, 5.74) is 6.61. The van der Waals surface area contributed by atoms with Crippen LogP contribution in [0.1, 0.15) is 37.0 Å². The molecule has 1 aromatic rings. The molecule has 4 N–H and O–H groups in total. The van der Waals surface area contributed by atoms with Crippen molar-refractivity contribution >= 4 is 17.5 Å². The van der Waals surface area contributed by atoms with Gasteiger partial charge < -0.3 is 16.4 Å². The van der Waals surface area contributed by atoms with Crippen LogP contribution >= 0.6 is 0 Å². The van der Waals surface area contributed by atoms with Crippen molar-refractivity contribution in [2.24, 2.45) is 11.7 Å². The third-order valence-electron chi connectivity index (χ3n) is 3.02. The molecule has 0 spiro atoms. The van der Waals surface area contributed by atoms with E-state index in [2.05, 4.69) is 10.6 Å². The van der Waals surface area contributed by atoms with Crippen molar-refractivity contribution in [3.63, 3.8) is 0 Å². The number of nitrogens with two attached hydrogens (primary N) is 1. The zero-order valence-electron chi connectivity index (χ0n) is 12.1. The molecule has 1 unspecified atom stereocenters. The molecule has 5 nitrogen and oxygen atoms in total. The lowest BCUT2D eigenvalue weighted by molar-refractivity contribution is -0.119. The summed E-state index contributed by atoms with van der Waals surface area (Å²) in [5, 5.41) is 5.56. The maximum atomic E-state index is 12.0. The number of anilines is 1. The van der Waals surface area contributed by atoms with Crippen LogP contribution in [0.15, 0.2) is 24.3 Å². The summed E-state index contributed by atoms with van der Waals surface area (Å²) >= 11 is 0. The van der Waals surface area contributed by atoms with E-state index in [0.717, 1.165) is 12.8 Å². The summed E-state index contributed by atoms with van der Waals surface area (Å²) < 4.78 is 0. The Kier molecular flexibility index (Phi) is 6.73.